The predicted octanol–water partition coefficient (Wildman–Crippen LogP) is 2.23. The Bertz CT molecular complexity index is 468. The van der Waals surface area contributed by atoms with Gasteiger partial charge in [-0.1, -0.05) is 30.3 Å². The molecule has 0 aliphatic carbocycles. The fraction of sp³-hybridized carbons (Fsp3) is 0.467. The Morgan fingerprint density at radius 1 is 1.19 bits per heavy atom. The Morgan fingerprint density at radius 2 is 1.81 bits per heavy atom. The van der Waals surface area contributed by atoms with Gasteiger partial charge in [-0.2, -0.15) is 5.01 Å². The maximum atomic E-state index is 11.7. The highest BCUT2D eigenvalue weighted by Gasteiger charge is 2.20. The Labute approximate surface area is 124 Å². The lowest BCUT2D eigenvalue weighted by Gasteiger charge is -2.20. The van der Waals surface area contributed by atoms with Crippen molar-refractivity contribution in [1.29, 1.82) is 0 Å². The second kappa shape index (κ2) is 7.75. The summed E-state index contributed by atoms with van der Waals surface area (Å²) in [6, 6.07) is 9.15. The largest absolute Gasteiger partial charge is 0.443 e. The van der Waals surface area contributed by atoms with E-state index in [-0.39, 0.29) is 25.2 Å². The third kappa shape index (κ3) is 6.87. The lowest BCUT2D eigenvalue weighted by Crippen LogP contribution is -2.43. The molecule has 0 saturated heterocycles. The van der Waals surface area contributed by atoms with E-state index >= 15 is 0 Å². The first-order chi connectivity index (χ1) is 9.79. The van der Waals surface area contributed by atoms with Gasteiger partial charge in [0.25, 0.3) is 0 Å². The molecule has 0 heterocycles. The number of amides is 2. The van der Waals surface area contributed by atoms with Crippen LogP contribution in [0.2, 0.25) is 0 Å². The quantitative estimate of drug-likeness (QED) is 0.511. The molecule has 0 unspecified atom stereocenters. The number of ether oxygens (including phenoxy) is 2. The smallest absolute Gasteiger partial charge is 0.431 e. The highest BCUT2D eigenvalue weighted by Crippen LogP contribution is 2.07. The molecular weight excluding hydrogens is 272 g/mol. The van der Waals surface area contributed by atoms with Crippen molar-refractivity contribution in [3.63, 3.8) is 0 Å². The van der Waals surface area contributed by atoms with E-state index in [4.69, 9.17) is 15.3 Å². The Morgan fingerprint density at radius 3 is 2.38 bits per heavy atom. The molecule has 0 aromatic heterocycles. The van der Waals surface area contributed by atoms with E-state index in [2.05, 4.69) is 0 Å². The summed E-state index contributed by atoms with van der Waals surface area (Å²) < 4.78 is 10.4. The Kier molecular flexibility index (Phi) is 6.33. The third-order valence-electron chi connectivity index (χ3n) is 2.52. The van der Waals surface area contributed by atoms with Gasteiger partial charge < -0.3 is 9.47 Å². The monoisotopic (exact) mass is 294 g/mol. The normalized spacial score (nSPS) is 11.0. The average molecular weight is 294 g/mol. The lowest BCUT2D eigenvalue weighted by molar-refractivity contribution is -0.132. The second-order valence-electron chi connectivity index (χ2n) is 5.51. The number of nitrogens with zero attached hydrogens (tertiary/aromatic N) is 1. The molecule has 0 fully saturated rings. The van der Waals surface area contributed by atoms with Crippen LogP contribution in [0.15, 0.2) is 30.3 Å². The van der Waals surface area contributed by atoms with Crippen LogP contribution in [0.5, 0.6) is 0 Å². The maximum absolute atomic E-state index is 11.7. The molecule has 116 valence electrons. The van der Waals surface area contributed by atoms with Crippen LogP contribution in [0.1, 0.15) is 32.8 Å². The number of carbonyl (C=O) groups is 2. The number of hydrogen-bond acceptors (Lipinski definition) is 5. The summed E-state index contributed by atoms with van der Waals surface area (Å²) in [6.07, 6.45) is -0.853. The van der Waals surface area contributed by atoms with E-state index in [9.17, 15) is 9.59 Å². The van der Waals surface area contributed by atoms with Gasteiger partial charge in [-0.25, -0.2) is 10.6 Å². The van der Waals surface area contributed by atoms with Gasteiger partial charge in [-0.15, -0.1) is 0 Å². The molecule has 0 aliphatic heterocycles. The summed E-state index contributed by atoms with van der Waals surface area (Å²) in [6.45, 7) is 5.91. The van der Waals surface area contributed by atoms with E-state index in [0.29, 0.717) is 5.01 Å². The average Bonchev–Trinajstić information content (AvgIpc) is 2.43. The van der Waals surface area contributed by atoms with E-state index in [0.717, 1.165) is 5.56 Å². The molecule has 6 heteroatoms. The van der Waals surface area contributed by atoms with Crippen molar-refractivity contribution >= 4 is 12.0 Å². The van der Waals surface area contributed by atoms with Crippen molar-refractivity contribution in [1.82, 2.24) is 5.01 Å². The van der Waals surface area contributed by atoms with Crippen molar-refractivity contribution in [2.24, 2.45) is 5.84 Å². The summed E-state index contributed by atoms with van der Waals surface area (Å²) in [5.74, 6) is 4.88. The minimum atomic E-state index is -0.875. The van der Waals surface area contributed by atoms with Crippen molar-refractivity contribution in [3.8, 4) is 0 Å². The van der Waals surface area contributed by atoms with Gasteiger partial charge in [0.2, 0.25) is 5.91 Å². The number of hydrazine groups is 1. The molecule has 1 rings (SSSR count). The molecule has 6 nitrogen and oxygen atoms in total. The zero-order chi connectivity index (χ0) is 15.9. The molecule has 2 N–H and O–H groups in total. The van der Waals surface area contributed by atoms with Gasteiger partial charge in [0.15, 0.2) is 0 Å². The highest BCUT2D eigenvalue weighted by atomic mass is 16.6. The summed E-state index contributed by atoms with van der Waals surface area (Å²) in [4.78, 5) is 23.3. The van der Waals surface area contributed by atoms with Crippen LogP contribution in [0.4, 0.5) is 4.79 Å². The number of carbonyl (C=O) groups excluding carboxylic acids is 2. The molecular formula is C15H22N2O4. The number of hydrogen-bond donors (Lipinski definition) is 1. The first-order valence-corrected chi connectivity index (χ1v) is 6.72. The van der Waals surface area contributed by atoms with Crippen molar-refractivity contribution in [3.05, 3.63) is 35.9 Å². The van der Waals surface area contributed by atoms with Gasteiger partial charge in [-0.05, 0) is 26.3 Å². The molecule has 0 radical (unpaired) electrons. The van der Waals surface area contributed by atoms with E-state index in [1.165, 1.54) is 0 Å². The minimum Gasteiger partial charge on any atom is -0.443 e. The molecule has 0 bridgehead atoms. The SMILES string of the molecule is CC(C)(C)OCCC(=O)N(N)C(=O)OCc1ccccc1. The zero-order valence-electron chi connectivity index (χ0n) is 12.7. The van der Waals surface area contributed by atoms with Gasteiger partial charge in [0.05, 0.1) is 18.6 Å². The standard InChI is InChI=1S/C15H22N2O4/c1-15(2,3)21-10-9-13(18)17(16)14(19)20-11-12-7-5-4-6-8-12/h4-8H,9-11,16H2,1-3H3. The van der Waals surface area contributed by atoms with Gasteiger partial charge in [0, 0.05) is 0 Å². The van der Waals surface area contributed by atoms with Crippen LogP contribution in [-0.2, 0) is 20.9 Å². The van der Waals surface area contributed by atoms with E-state index < -0.39 is 12.0 Å². The topological polar surface area (TPSA) is 81.9 Å². The lowest BCUT2D eigenvalue weighted by atomic mass is 10.2. The minimum absolute atomic E-state index is 0.0220. The van der Waals surface area contributed by atoms with Crippen LogP contribution in [0.3, 0.4) is 0 Å². The first-order valence-electron chi connectivity index (χ1n) is 6.72. The van der Waals surface area contributed by atoms with E-state index in [1.54, 1.807) is 0 Å². The van der Waals surface area contributed by atoms with Gasteiger partial charge in [0.1, 0.15) is 6.61 Å². The van der Waals surface area contributed by atoms with Gasteiger partial charge in [-0.3, -0.25) is 4.79 Å². The first kappa shape index (κ1) is 17.1. The maximum Gasteiger partial charge on any atom is 0.431 e. The fourth-order valence-corrected chi connectivity index (χ4v) is 1.46. The van der Waals surface area contributed by atoms with Crippen LogP contribution < -0.4 is 5.84 Å². The molecule has 21 heavy (non-hydrogen) atoms. The number of benzene rings is 1. The zero-order valence-corrected chi connectivity index (χ0v) is 12.7. The van der Waals surface area contributed by atoms with Crippen LogP contribution >= 0.6 is 0 Å². The van der Waals surface area contributed by atoms with Crippen molar-refractivity contribution in [2.75, 3.05) is 6.61 Å². The summed E-state index contributed by atoms with van der Waals surface area (Å²) >= 11 is 0. The number of rotatable bonds is 5. The third-order valence-corrected chi connectivity index (χ3v) is 2.52. The summed E-state index contributed by atoms with van der Waals surface area (Å²) in [5.41, 5.74) is 0.482. The molecule has 1 aromatic rings. The second-order valence-corrected chi connectivity index (χ2v) is 5.51. The summed E-state index contributed by atoms with van der Waals surface area (Å²) in [7, 11) is 0. The number of nitrogens with two attached hydrogens (primary N) is 1. The Balaban J connectivity index is 2.34. The van der Waals surface area contributed by atoms with Gasteiger partial charge >= 0.3 is 6.09 Å². The Hall–Kier alpha value is -1.92. The molecule has 0 atom stereocenters. The highest BCUT2D eigenvalue weighted by molar-refractivity contribution is 5.91. The molecule has 2 amide bonds. The van der Waals surface area contributed by atoms with Crippen molar-refractivity contribution < 1.29 is 19.1 Å². The van der Waals surface area contributed by atoms with Crippen LogP contribution in [0, 0.1) is 0 Å². The van der Waals surface area contributed by atoms with Crippen molar-refractivity contribution in [2.45, 2.75) is 39.4 Å². The predicted molar refractivity (Wildman–Crippen MR) is 78.0 cm³/mol. The molecule has 0 spiro atoms. The molecule has 0 aliphatic rings. The summed E-state index contributed by atoms with van der Waals surface area (Å²) in [5, 5.41) is 0.481. The number of imide groups is 1. The van der Waals surface area contributed by atoms with Crippen LogP contribution in [0.25, 0.3) is 0 Å². The van der Waals surface area contributed by atoms with Crippen LogP contribution in [-0.4, -0.2) is 29.2 Å². The molecule has 1 aromatic carbocycles. The molecule has 0 saturated carbocycles. The van der Waals surface area contributed by atoms with E-state index in [1.807, 2.05) is 51.1 Å². The fourth-order valence-electron chi connectivity index (χ4n) is 1.46.